The maximum Gasteiger partial charge on any atom is 0.00177 e. The highest BCUT2D eigenvalue weighted by molar-refractivity contribution is 7.80. The molecular formula is C12H25NS. The van der Waals surface area contributed by atoms with Gasteiger partial charge in [0.2, 0.25) is 0 Å². The molecule has 1 fully saturated rings. The standard InChI is InChI=1S/C12H25NS/c1-4-5-12(9-14)8-13-6-10(2)11(3)7-13/h10-12,14H,4-9H2,1-3H3. The van der Waals surface area contributed by atoms with Crippen molar-refractivity contribution in [3.05, 3.63) is 0 Å². The van der Waals surface area contributed by atoms with E-state index in [1.807, 2.05) is 0 Å². The Morgan fingerprint density at radius 2 is 1.86 bits per heavy atom. The molecule has 0 N–H and O–H groups in total. The summed E-state index contributed by atoms with van der Waals surface area (Å²) in [5, 5.41) is 0. The smallest absolute Gasteiger partial charge is 0.00177 e. The third-order valence-corrected chi connectivity index (χ3v) is 4.05. The molecule has 1 aliphatic heterocycles. The van der Waals surface area contributed by atoms with Crippen LogP contribution < -0.4 is 0 Å². The van der Waals surface area contributed by atoms with Crippen LogP contribution in [0.2, 0.25) is 0 Å². The van der Waals surface area contributed by atoms with Gasteiger partial charge in [-0.15, -0.1) is 0 Å². The maximum atomic E-state index is 4.44. The van der Waals surface area contributed by atoms with Crippen LogP contribution in [0.1, 0.15) is 33.6 Å². The second-order valence-corrected chi connectivity index (χ2v) is 5.38. The van der Waals surface area contributed by atoms with Crippen LogP contribution in [0.4, 0.5) is 0 Å². The molecule has 0 amide bonds. The van der Waals surface area contributed by atoms with Gasteiger partial charge < -0.3 is 4.90 Å². The lowest BCUT2D eigenvalue weighted by molar-refractivity contribution is 0.271. The summed E-state index contributed by atoms with van der Waals surface area (Å²) in [5.74, 6) is 3.63. The quantitative estimate of drug-likeness (QED) is 0.690. The van der Waals surface area contributed by atoms with Crippen LogP contribution in [0.25, 0.3) is 0 Å². The first kappa shape index (κ1) is 12.4. The van der Waals surface area contributed by atoms with Crippen molar-refractivity contribution in [1.29, 1.82) is 0 Å². The minimum atomic E-state index is 0.806. The van der Waals surface area contributed by atoms with Crippen molar-refractivity contribution < 1.29 is 0 Å². The lowest BCUT2D eigenvalue weighted by atomic mass is 10.0. The Morgan fingerprint density at radius 3 is 2.29 bits per heavy atom. The zero-order chi connectivity index (χ0) is 10.6. The summed E-state index contributed by atoms with van der Waals surface area (Å²) in [6.07, 6.45) is 2.63. The van der Waals surface area contributed by atoms with Crippen LogP contribution in [0.5, 0.6) is 0 Å². The molecule has 0 aromatic carbocycles. The molecular weight excluding hydrogens is 190 g/mol. The molecule has 14 heavy (non-hydrogen) atoms. The SMILES string of the molecule is CCCC(CS)CN1CC(C)C(C)C1. The fraction of sp³-hybridized carbons (Fsp3) is 1.00. The predicted molar refractivity (Wildman–Crippen MR) is 67.0 cm³/mol. The molecule has 3 atom stereocenters. The summed E-state index contributed by atoms with van der Waals surface area (Å²) in [6, 6.07) is 0. The van der Waals surface area contributed by atoms with Crippen LogP contribution in [-0.2, 0) is 0 Å². The average molecular weight is 215 g/mol. The van der Waals surface area contributed by atoms with Crippen LogP contribution >= 0.6 is 12.6 Å². The number of rotatable bonds is 5. The van der Waals surface area contributed by atoms with Gasteiger partial charge in [-0.2, -0.15) is 12.6 Å². The normalized spacial score (nSPS) is 30.9. The molecule has 1 rings (SSSR count). The Labute approximate surface area is 94.7 Å². The minimum absolute atomic E-state index is 0.806. The van der Waals surface area contributed by atoms with Crippen molar-refractivity contribution in [3.8, 4) is 0 Å². The number of likely N-dealkylation sites (tertiary alicyclic amines) is 1. The zero-order valence-electron chi connectivity index (χ0n) is 9.87. The lowest BCUT2D eigenvalue weighted by Gasteiger charge is -2.22. The first-order valence-electron chi connectivity index (χ1n) is 6.00. The highest BCUT2D eigenvalue weighted by atomic mass is 32.1. The Bertz CT molecular complexity index is 150. The van der Waals surface area contributed by atoms with Gasteiger partial charge in [-0.05, 0) is 29.9 Å². The second-order valence-electron chi connectivity index (χ2n) is 5.01. The van der Waals surface area contributed by atoms with Crippen molar-refractivity contribution in [2.75, 3.05) is 25.4 Å². The van der Waals surface area contributed by atoms with Gasteiger partial charge in [-0.1, -0.05) is 27.2 Å². The number of hydrogen-bond acceptors (Lipinski definition) is 2. The molecule has 0 aromatic heterocycles. The molecule has 1 aliphatic rings. The van der Waals surface area contributed by atoms with E-state index in [4.69, 9.17) is 0 Å². The van der Waals surface area contributed by atoms with Crippen LogP contribution in [0, 0.1) is 17.8 Å². The number of nitrogens with zero attached hydrogens (tertiary/aromatic N) is 1. The van der Waals surface area contributed by atoms with Crippen molar-refractivity contribution in [2.24, 2.45) is 17.8 Å². The monoisotopic (exact) mass is 215 g/mol. The molecule has 0 saturated carbocycles. The van der Waals surface area contributed by atoms with Gasteiger partial charge in [-0.25, -0.2) is 0 Å². The Balaban J connectivity index is 2.29. The molecule has 0 radical (unpaired) electrons. The summed E-state index contributed by atoms with van der Waals surface area (Å²) in [6.45, 7) is 10.9. The Morgan fingerprint density at radius 1 is 1.29 bits per heavy atom. The molecule has 1 heterocycles. The number of thiol groups is 1. The summed E-state index contributed by atoms with van der Waals surface area (Å²) < 4.78 is 0. The van der Waals surface area contributed by atoms with Crippen molar-refractivity contribution in [1.82, 2.24) is 4.90 Å². The van der Waals surface area contributed by atoms with E-state index in [9.17, 15) is 0 Å². The third kappa shape index (κ3) is 3.47. The minimum Gasteiger partial charge on any atom is -0.302 e. The van der Waals surface area contributed by atoms with Crippen LogP contribution in [0.15, 0.2) is 0 Å². The molecule has 1 nitrogen and oxygen atoms in total. The highest BCUT2D eigenvalue weighted by Gasteiger charge is 2.26. The molecule has 2 heteroatoms. The largest absolute Gasteiger partial charge is 0.302 e. The Hall–Kier alpha value is 0.310. The first-order chi connectivity index (χ1) is 6.67. The van der Waals surface area contributed by atoms with Gasteiger partial charge in [0.1, 0.15) is 0 Å². The van der Waals surface area contributed by atoms with E-state index in [-0.39, 0.29) is 0 Å². The Kier molecular flexibility index (Phi) is 5.32. The summed E-state index contributed by atoms with van der Waals surface area (Å²) in [7, 11) is 0. The van der Waals surface area contributed by atoms with Gasteiger partial charge in [0.25, 0.3) is 0 Å². The molecule has 84 valence electrons. The van der Waals surface area contributed by atoms with E-state index in [1.165, 1.54) is 32.5 Å². The average Bonchev–Trinajstić information content (AvgIpc) is 2.45. The molecule has 0 spiro atoms. The summed E-state index contributed by atoms with van der Waals surface area (Å²) >= 11 is 4.44. The topological polar surface area (TPSA) is 3.24 Å². The highest BCUT2D eigenvalue weighted by Crippen LogP contribution is 2.23. The van der Waals surface area contributed by atoms with Gasteiger partial charge in [0, 0.05) is 19.6 Å². The van der Waals surface area contributed by atoms with Gasteiger partial charge >= 0.3 is 0 Å². The zero-order valence-corrected chi connectivity index (χ0v) is 10.8. The summed E-state index contributed by atoms with van der Waals surface area (Å²) in [5.41, 5.74) is 0. The van der Waals surface area contributed by atoms with Gasteiger partial charge in [0.15, 0.2) is 0 Å². The molecule has 1 saturated heterocycles. The van der Waals surface area contributed by atoms with Crippen LogP contribution in [0.3, 0.4) is 0 Å². The van der Waals surface area contributed by atoms with Gasteiger partial charge in [0.05, 0.1) is 0 Å². The second kappa shape index (κ2) is 6.02. The van der Waals surface area contributed by atoms with E-state index < -0.39 is 0 Å². The van der Waals surface area contributed by atoms with E-state index in [2.05, 4.69) is 38.3 Å². The third-order valence-electron chi connectivity index (χ3n) is 3.54. The van der Waals surface area contributed by atoms with Crippen molar-refractivity contribution >= 4 is 12.6 Å². The predicted octanol–water partition coefficient (Wildman–Crippen LogP) is 2.92. The molecule has 3 unspecified atom stereocenters. The molecule has 0 aliphatic carbocycles. The van der Waals surface area contributed by atoms with E-state index in [1.54, 1.807) is 0 Å². The fourth-order valence-corrected chi connectivity index (χ4v) is 2.71. The van der Waals surface area contributed by atoms with E-state index >= 15 is 0 Å². The maximum absolute atomic E-state index is 4.44. The van der Waals surface area contributed by atoms with Crippen LogP contribution in [-0.4, -0.2) is 30.3 Å². The number of hydrogen-bond donors (Lipinski definition) is 1. The first-order valence-corrected chi connectivity index (χ1v) is 6.63. The lowest BCUT2D eigenvalue weighted by Crippen LogP contribution is -2.28. The molecule has 0 bridgehead atoms. The van der Waals surface area contributed by atoms with Crippen molar-refractivity contribution in [3.63, 3.8) is 0 Å². The van der Waals surface area contributed by atoms with E-state index in [0.29, 0.717) is 0 Å². The molecule has 0 aromatic rings. The van der Waals surface area contributed by atoms with Crippen molar-refractivity contribution in [2.45, 2.75) is 33.6 Å². The van der Waals surface area contributed by atoms with Gasteiger partial charge in [-0.3, -0.25) is 0 Å². The van der Waals surface area contributed by atoms with E-state index in [0.717, 1.165) is 23.5 Å². The fourth-order valence-electron chi connectivity index (χ4n) is 2.41. The summed E-state index contributed by atoms with van der Waals surface area (Å²) in [4.78, 5) is 2.63.